The van der Waals surface area contributed by atoms with Crippen LogP contribution < -0.4 is 9.84 Å². The highest BCUT2D eigenvalue weighted by molar-refractivity contribution is 8.26. The Bertz CT molecular complexity index is 702. The summed E-state index contributed by atoms with van der Waals surface area (Å²) in [6, 6.07) is 4.80. The lowest BCUT2D eigenvalue weighted by Gasteiger charge is -2.14. The van der Waals surface area contributed by atoms with Gasteiger partial charge in [0.25, 0.3) is 5.91 Å². The van der Waals surface area contributed by atoms with Gasteiger partial charge >= 0.3 is 0 Å². The molecule has 0 spiro atoms. The number of benzene rings is 1. The largest absolute Gasteiger partial charge is 0.550 e. The SMILES string of the molecule is CCOc1cc(C=C2SC(=S)N(CCCC(=O)[O-])C2=O)ccc1O. The summed E-state index contributed by atoms with van der Waals surface area (Å²) in [6.07, 6.45) is 1.83. The monoisotopic (exact) mass is 366 g/mol. The smallest absolute Gasteiger partial charge is 0.266 e. The van der Waals surface area contributed by atoms with Crippen molar-refractivity contribution in [3.8, 4) is 11.5 Å². The Morgan fingerprint density at radius 3 is 2.92 bits per heavy atom. The summed E-state index contributed by atoms with van der Waals surface area (Å²) >= 11 is 6.34. The number of thiocarbonyl (C=S) groups is 1. The zero-order valence-electron chi connectivity index (χ0n) is 13.0. The zero-order chi connectivity index (χ0) is 17.7. The average Bonchev–Trinajstić information content (AvgIpc) is 2.78. The number of hydrogen-bond donors (Lipinski definition) is 1. The van der Waals surface area contributed by atoms with Crippen LogP contribution in [0.5, 0.6) is 11.5 Å². The van der Waals surface area contributed by atoms with Gasteiger partial charge in [0.1, 0.15) is 4.32 Å². The summed E-state index contributed by atoms with van der Waals surface area (Å²) in [4.78, 5) is 24.7. The van der Waals surface area contributed by atoms with E-state index in [1.54, 1.807) is 18.2 Å². The zero-order valence-corrected chi connectivity index (χ0v) is 14.6. The molecule has 1 aromatic rings. The fourth-order valence-electron chi connectivity index (χ4n) is 2.12. The fourth-order valence-corrected chi connectivity index (χ4v) is 3.43. The van der Waals surface area contributed by atoms with Crippen molar-refractivity contribution in [1.29, 1.82) is 0 Å². The van der Waals surface area contributed by atoms with E-state index in [-0.39, 0.29) is 31.0 Å². The van der Waals surface area contributed by atoms with Crippen LogP contribution in [0, 0.1) is 0 Å². The maximum Gasteiger partial charge on any atom is 0.266 e. The summed E-state index contributed by atoms with van der Waals surface area (Å²) in [5, 5.41) is 20.2. The number of carbonyl (C=O) groups excluding carboxylic acids is 2. The van der Waals surface area contributed by atoms with E-state index in [4.69, 9.17) is 17.0 Å². The molecule has 1 N–H and O–H groups in total. The number of nitrogens with zero attached hydrogens (tertiary/aromatic N) is 1. The van der Waals surface area contributed by atoms with Crippen LogP contribution in [0.3, 0.4) is 0 Å². The molecule has 1 saturated heterocycles. The van der Waals surface area contributed by atoms with Gasteiger partial charge < -0.3 is 19.7 Å². The van der Waals surface area contributed by atoms with Crippen molar-refractivity contribution in [3.05, 3.63) is 28.7 Å². The number of aromatic hydroxyl groups is 1. The van der Waals surface area contributed by atoms with E-state index in [0.717, 1.165) is 11.8 Å². The molecular weight excluding hydrogens is 350 g/mol. The molecule has 6 nitrogen and oxygen atoms in total. The molecule has 24 heavy (non-hydrogen) atoms. The van der Waals surface area contributed by atoms with Crippen LogP contribution in [0.15, 0.2) is 23.1 Å². The van der Waals surface area contributed by atoms with E-state index in [1.807, 2.05) is 6.92 Å². The number of amides is 1. The minimum absolute atomic E-state index is 0.0313. The number of thioether (sulfide) groups is 1. The standard InChI is InChI=1S/C16H17NO5S2/c1-2-22-12-8-10(5-6-11(12)18)9-13-15(21)17(16(23)24-13)7-3-4-14(19)20/h5-6,8-9,18H,2-4,7H2,1H3,(H,19,20)/p-1. The molecule has 0 aromatic heterocycles. The van der Waals surface area contributed by atoms with Crippen LogP contribution in [0.4, 0.5) is 0 Å². The summed E-state index contributed by atoms with van der Waals surface area (Å²) < 4.78 is 5.71. The number of carboxylic acids is 1. The third-order valence-corrected chi connectivity index (χ3v) is 4.60. The first kappa shape index (κ1) is 18.3. The summed E-state index contributed by atoms with van der Waals surface area (Å²) in [7, 11) is 0. The highest BCUT2D eigenvalue weighted by Crippen LogP contribution is 2.34. The van der Waals surface area contributed by atoms with Gasteiger partial charge in [-0.3, -0.25) is 9.69 Å². The Balaban J connectivity index is 2.13. The maximum atomic E-state index is 12.4. The predicted octanol–water partition coefficient (Wildman–Crippen LogP) is 1.52. The first-order valence-corrected chi connectivity index (χ1v) is 8.56. The number of ether oxygens (including phenoxy) is 1. The van der Waals surface area contributed by atoms with Crippen molar-refractivity contribution in [1.82, 2.24) is 4.90 Å². The highest BCUT2D eigenvalue weighted by Gasteiger charge is 2.31. The van der Waals surface area contributed by atoms with Gasteiger partial charge in [-0.25, -0.2) is 0 Å². The topological polar surface area (TPSA) is 89.9 Å². The number of carbonyl (C=O) groups is 2. The van der Waals surface area contributed by atoms with Crippen LogP contribution in [0.2, 0.25) is 0 Å². The molecule has 1 fully saturated rings. The van der Waals surface area contributed by atoms with Gasteiger partial charge in [-0.05, 0) is 43.5 Å². The Labute approximate surface area is 149 Å². The van der Waals surface area contributed by atoms with Crippen LogP contribution in [0.1, 0.15) is 25.3 Å². The first-order valence-electron chi connectivity index (χ1n) is 7.33. The van der Waals surface area contributed by atoms with Crippen LogP contribution >= 0.6 is 24.0 Å². The number of carboxylic acid groups (broad SMARTS) is 1. The quantitative estimate of drug-likeness (QED) is 0.578. The maximum absolute atomic E-state index is 12.4. The van der Waals surface area contributed by atoms with E-state index in [0.29, 0.717) is 27.1 Å². The number of aliphatic carboxylic acids is 1. The van der Waals surface area contributed by atoms with Crippen molar-refractivity contribution in [2.24, 2.45) is 0 Å². The number of phenolic OH excluding ortho intramolecular Hbond substituents is 1. The second-order valence-electron chi connectivity index (χ2n) is 4.97. The van der Waals surface area contributed by atoms with Crippen LogP contribution in [-0.4, -0.2) is 39.4 Å². The summed E-state index contributed by atoms with van der Waals surface area (Å²) in [5.41, 5.74) is 0.700. The molecule has 1 aliphatic rings. The molecule has 0 atom stereocenters. The van der Waals surface area contributed by atoms with Gasteiger partial charge in [-0.15, -0.1) is 0 Å². The van der Waals surface area contributed by atoms with Gasteiger partial charge in [0.15, 0.2) is 11.5 Å². The van der Waals surface area contributed by atoms with E-state index in [1.165, 1.54) is 11.0 Å². The lowest BCUT2D eigenvalue weighted by molar-refractivity contribution is -0.305. The molecule has 0 aliphatic carbocycles. The fraction of sp³-hybridized carbons (Fsp3) is 0.312. The Kier molecular flexibility index (Phi) is 6.22. The van der Waals surface area contributed by atoms with E-state index in [2.05, 4.69) is 0 Å². The lowest BCUT2D eigenvalue weighted by atomic mass is 10.2. The average molecular weight is 366 g/mol. The molecule has 1 heterocycles. The first-order chi connectivity index (χ1) is 11.4. The molecule has 128 valence electrons. The highest BCUT2D eigenvalue weighted by atomic mass is 32.2. The number of rotatable bonds is 7. The molecule has 0 unspecified atom stereocenters. The minimum atomic E-state index is -1.15. The van der Waals surface area contributed by atoms with E-state index in [9.17, 15) is 19.8 Å². The number of phenols is 1. The molecule has 1 aliphatic heterocycles. The lowest BCUT2D eigenvalue weighted by Crippen LogP contribution is -2.30. The van der Waals surface area contributed by atoms with Gasteiger partial charge in [0.2, 0.25) is 0 Å². The Hall–Kier alpha value is -2.06. The molecule has 2 rings (SSSR count). The summed E-state index contributed by atoms with van der Waals surface area (Å²) in [6.45, 7) is 2.47. The van der Waals surface area contributed by atoms with Crippen molar-refractivity contribution in [2.75, 3.05) is 13.2 Å². The molecule has 0 saturated carbocycles. The van der Waals surface area contributed by atoms with E-state index >= 15 is 0 Å². The Morgan fingerprint density at radius 1 is 1.50 bits per heavy atom. The number of hydrogen-bond acceptors (Lipinski definition) is 7. The van der Waals surface area contributed by atoms with Gasteiger partial charge in [0, 0.05) is 12.5 Å². The second kappa shape index (κ2) is 8.16. The molecular formula is C16H16NO5S2-. The van der Waals surface area contributed by atoms with E-state index < -0.39 is 5.97 Å². The summed E-state index contributed by atoms with van der Waals surface area (Å²) in [5.74, 6) is -1.03. The normalized spacial score (nSPS) is 16.0. The molecule has 8 heteroatoms. The van der Waals surface area contributed by atoms with Crippen molar-refractivity contribution >= 4 is 46.3 Å². The Morgan fingerprint density at radius 2 is 2.25 bits per heavy atom. The molecule has 1 amide bonds. The van der Waals surface area contributed by atoms with Crippen molar-refractivity contribution < 1.29 is 24.5 Å². The predicted molar refractivity (Wildman–Crippen MR) is 93.4 cm³/mol. The molecule has 0 radical (unpaired) electrons. The van der Waals surface area contributed by atoms with Crippen LogP contribution in [-0.2, 0) is 9.59 Å². The van der Waals surface area contributed by atoms with Crippen molar-refractivity contribution in [3.63, 3.8) is 0 Å². The van der Waals surface area contributed by atoms with Gasteiger partial charge in [-0.2, -0.15) is 0 Å². The molecule has 0 bridgehead atoms. The van der Waals surface area contributed by atoms with Gasteiger partial charge in [0.05, 0.1) is 11.5 Å². The molecule has 1 aromatic carbocycles. The minimum Gasteiger partial charge on any atom is -0.550 e. The third kappa shape index (κ3) is 4.48. The van der Waals surface area contributed by atoms with Crippen molar-refractivity contribution in [2.45, 2.75) is 19.8 Å². The second-order valence-corrected chi connectivity index (χ2v) is 6.64. The third-order valence-electron chi connectivity index (χ3n) is 3.22. The van der Waals surface area contributed by atoms with Gasteiger partial charge in [-0.1, -0.05) is 30.0 Å². The van der Waals surface area contributed by atoms with Crippen LogP contribution in [0.25, 0.3) is 6.08 Å².